The van der Waals surface area contributed by atoms with Gasteiger partial charge in [0.25, 0.3) is 0 Å². The second-order valence-electron chi connectivity index (χ2n) is 4.94. The molecule has 0 saturated heterocycles. The molecular weight excluding hydrogens is 279 g/mol. The van der Waals surface area contributed by atoms with Gasteiger partial charge in [-0.2, -0.15) is 0 Å². The number of benzene rings is 3. The van der Waals surface area contributed by atoms with E-state index in [2.05, 4.69) is 0 Å². The van der Waals surface area contributed by atoms with Crippen molar-refractivity contribution in [1.29, 1.82) is 0 Å². The number of rotatable bonds is 3. The van der Waals surface area contributed by atoms with Gasteiger partial charge in [0.2, 0.25) is 0 Å². The Bertz CT molecular complexity index is 876. The van der Waals surface area contributed by atoms with Crippen LogP contribution in [0.25, 0.3) is 22.4 Å². The molecule has 0 spiro atoms. The topological polar surface area (TPSA) is 37.3 Å². The Morgan fingerprint density at radius 2 is 1.68 bits per heavy atom. The Kier molecular flexibility index (Phi) is 3.71. The second kappa shape index (κ2) is 5.82. The number of aliphatic carboxylic acids is 1. The van der Waals surface area contributed by atoms with E-state index in [9.17, 15) is 14.3 Å². The molecule has 3 aromatic carbocycles. The van der Waals surface area contributed by atoms with Crippen molar-refractivity contribution in [2.45, 2.75) is 0 Å². The molecule has 0 fully saturated rings. The highest BCUT2D eigenvalue weighted by molar-refractivity contribution is 6.23. The molecule has 3 rings (SSSR count). The fourth-order valence-electron chi connectivity index (χ4n) is 2.48. The van der Waals surface area contributed by atoms with Crippen LogP contribution in [0.5, 0.6) is 0 Å². The van der Waals surface area contributed by atoms with Crippen LogP contribution in [0, 0.1) is 5.82 Å². The van der Waals surface area contributed by atoms with E-state index < -0.39 is 11.8 Å². The molecular formula is C19H13FO2. The Morgan fingerprint density at radius 1 is 0.955 bits per heavy atom. The van der Waals surface area contributed by atoms with Gasteiger partial charge in [0.15, 0.2) is 0 Å². The van der Waals surface area contributed by atoms with E-state index in [0.29, 0.717) is 11.1 Å². The number of fused-ring (bicyclic) bond motifs is 1. The van der Waals surface area contributed by atoms with Crippen molar-refractivity contribution in [2.24, 2.45) is 0 Å². The lowest BCUT2D eigenvalue weighted by Gasteiger charge is -2.08. The third-order valence-corrected chi connectivity index (χ3v) is 3.47. The molecule has 0 heterocycles. The maximum atomic E-state index is 13.3. The summed E-state index contributed by atoms with van der Waals surface area (Å²) in [4.78, 5) is 11.7. The highest BCUT2D eigenvalue weighted by Gasteiger charge is 2.13. The number of halogens is 1. The Labute approximate surface area is 127 Å². The second-order valence-corrected chi connectivity index (χ2v) is 4.94. The summed E-state index contributed by atoms with van der Waals surface area (Å²) in [6.45, 7) is 0. The smallest absolute Gasteiger partial charge is 0.336 e. The number of carbonyl (C=O) groups is 1. The first-order chi connectivity index (χ1) is 10.6. The van der Waals surface area contributed by atoms with Crippen LogP contribution >= 0.6 is 0 Å². The molecule has 0 unspecified atom stereocenters. The number of hydrogen-bond acceptors (Lipinski definition) is 1. The normalized spacial score (nSPS) is 11.6. The highest BCUT2D eigenvalue weighted by Crippen LogP contribution is 2.27. The van der Waals surface area contributed by atoms with Crippen molar-refractivity contribution in [1.82, 2.24) is 0 Å². The molecule has 3 aromatic rings. The molecule has 0 saturated carbocycles. The van der Waals surface area contributed by atoms with E-state index >= 15 is 0 Å². The lowest BCUT2D eigenvalue weighted by atomic mass is 9.96. The molecule has 0 radical (unpaired) electrons. The summed E-state index contributed by atoms with van der Waals surface area (Å²) in [6.07, 6.45) is 1.49. The van der Waals surface area contributed by atoms with Crippen LogP contribution in [-0.4, -0.2) is 11.1 Å². The fraction of sp³-hybridized carbons (Fsp3) is 0. The van der Waals surface area contributed by atoms with Gasteiger partial charge in [-0.15, -0.1) is 0 Å². The Morgan fingerprint density at radius 3 is 2.45 bits per heavy atom. The molecule has 0 bridgehead atoms. The van der Waals surface area contributed by atoms with Gasteiger partial charge in [0.1, 0.15) is 5.82 Å². The van der Waals surface area contributed by atoms with Gasteiger partial charge in [-0.05, 0) is 40.1 Å². The third-order valence-electron chi connectivity index (χ3n) is 3.47. The van der Waals surface area contributed by atoms with Crippen LogP contribution in [0.15, 0.2) is 66.7 Å². The first-order valence-corrected chi connectivity index (χ1v) is 6.84. The predicted molar refractivity (Wildman–Crippen MR) is 85.9 cm³/mol. The van der Waals surface area contributed by atoms with Crippen molar-refractivity contribution < 1.29 is 14.3 Å². The Hall–Kier alpha value is -2.94. The molecule has 0 amide bonds. The van der Waals surface area contributed by atoms with Gasteiger partial charge in [-0.1, -0.05) is 54.6 Å². The zero-order chi connectivity index (χ0) is 15.5. The minimum Gasteiger partial charge on any atom is -0.478 e. The van der Waals surface area contributed by atoms with Crippen molar-refractivity contribution >= 4 is 28.4 Å². The van der Waals surface area contributed by atoms with Crippen LogP contribution in [0.2, 0.25) is 0 Å². The summed E-state index contributed by atoms with van der Waals surface area (Å²) in [6, 6.07) is 19.0. The standard InChI is InChI=1S/C19H13FO2/c20-15-8-3-5-13(11-15)12-18(19(21)22)17-10-4-7-14-6-1-2-9-16(14)17/h1-12H,(H,21,22)/b18-12-. The molecule has 108 valence electrons. The summed E-state index contributed by atoms with van der Waals surface area (Å²) >= 11 is 0. The monoisotopic (exact) mass is 292 g/mol. The maximum Gasteiger partial charge on any atom is 0.336 e. The molecule has 0 atom stereocenters. The van der Waals surface area contributed by atoms with E-state index in [1.54, 1.807) is 18.2 Å². The van der Waals surface area contributed by atoms with Gasteiger partial charge in [-0.25, -0.2) is 9.18 Å². The van der Waals surface area contributed by atoms with Gasteiger partial charge < -0.3 is 5.11 Å². The first kappa shape index (κ1) is 14.0. The largest absolute Gasteiger partial charge is 0.478 e. The van der Waals surface area contributed by atoms with Crippen LogP contribution in [0.1, 0.15) is 11.1 Å². The lowest BCUT2D eigenvalue weighted by Crippen LogP contribution is -2.00. The van der Waals surface area contributed by atoms with Crippen LogP contribution in [0.3, 0.4) is 0 Å². The SMILES string of the molecule is O=C(O)/C(=C\c1cccc(F)c1)c1cccc2ccccc12. The molecule has 0 aliphatic carbocycles. The van der Waals surface area contributed by atoms with Crippen LogP contribution < -0.4 is 0 Å². The molecule has 0 aliphatic rings. The number of carboxylic acid groups (broad SMARTS) is 1. The number of hydrogen-bond donors (Lipinski definition) is 1. The predicted octanol–water partition coefficient (Wildman–Crippen LogP) is 4.60. The van der Waals surface area contributed by atoms with Gasteiger partial charge >= 0.3 is 5.97 Å². The maximum absolute atomic E-state index is 13.3. The van der Waals surface area contributed by atoms with Gasteiger partial charge in [-0.3, -0.25) is 0 Å². The van der Waals surface area contributed by atoms with Crippen LogP contribution in [0.4, 0.5) is 4.39 Å². The van der Waals surface area contributed by atoms with Gasteiger partial charge in [0, 0.05) is 0 Å². The van der Waals surface area contributed by atoms with E-state index in [4.69, 9.17) is 0 Å². The zero-order valence-corrected chi connectivity index (χ0v) is 11.7. The average molecular weight is 292 g/mol. The molecule has 22 heavy (non-hydrogen) atoms. The quantitative estimate of drug-likeness (QED) is 0.565. The minimum absolute atomic E-state index is 0.141. The summed E-state index contributed by atoms with van der Waals surface area (Å²) in [5, 5.41) is 11.4. The van der Waals surface area contributed by atoms with Crippen molar-refractivity contribution in [3.05, 3.63) is 83.7 Å². The van der Waals surface area contributed by atoms with E-state index in [-0.39, 0.29) is 5.57 Å². The molecule has 1 N–H and O–H groups in total. The summed E-state index contributed by atoms with van der Waals surface area (Å²) < 4.78 is 13.3. The van der Waals surface area contributed by atoms with E-state index in [0.717, 1.165) is 10.8 Å². The van der Waals surface area contributed by atoms with Crippen molar-refractivity contribution in [3.8, 4) is 0 Å². The molecule has 2 nitrogen and oxygen atoms in total. The van der Waals surface area contributed by atoms with Crippen LogP contribution in [-0.2, 0) is 4.79 Å². The summed E-state index contributed by atoms with van der Waals surface area (Å²) in [7, 11) is 0. The van der Waals surface area contributed by atoms with E-state index in [1.165, 1.54) is 18.2 Å². The number of carboxylic acids is 1. The molecule has 0 aromatic heterocycles. The summed E-state index contributed by atoms with van der Waals surface area (Å²) in [5.41, 5.74) is 1.28. The lowest BCUT2D eigenvalue weighted by molar-refractivity contribution is -0.130. The first-order valence-electron chi connectivity index (χ1n) is 6.84. The highest BCUT2D eigenvalue weighted by atomic mass is 19.1. The third kappa shape index (κ3) is 2.74. The molecule has 0 aliphatic heterocycles. The summed E-state index contributed by atoms with van der Waals surface area (Å²) in [5.74, 6) is -1.43. The van der Waals surface area contributed by atoms with E-state index in [1.807, 2.05) is 36.4 Å². The van der Waals surface area contributed by atoms with Crippen molar-refractivity contribution in [2.75, 3.05) is 0 Å². The minimum atomic E-state index is -1.04. The average Bonchev–Trinajstić information content (AvgIpc) is 2.52. The fourth-order valence-corrected chi connectivity index (χ4v) is 2.48. The zero-order valence-electron chi connectivity index (χ0n) is 11.7. The van der Waals surface area contributed by atoms with Gasteiger partial charge in [0.05, 0.1) is 5.57 Å². The van der Waals surface area contributed by atoms with Crippen molar-refractivity contribution in [3.63, 3.8) is 0 Å². The molecule has 3 heteroatoms. The Balaban J connectivity index is 2.21.